The molecule has 0 aromatic heterocycles. The van der Waals surface area contributed by atoms with Gasteiger partial charge in [-0.25, -0.2) is 0 Å². The number of β-amino-alcohol motifs (C(OH)–C–C–N with tert-alkyl or cyclic N) is 1. The minimum Gasteiger partial charge on any atom is -0.480 e. The average molecular weight is 229 g/mol. The van der Waals surface area contributed by atoms with Crippen LogP contribution in [0.4, 0.5) is 0 Å². The number of nitrogens with one attached hydrogen (secondary N) is 1. The van der Waals surface area contributed by atoms with Crippen LogP contribution in [0, 0.1) is 0 Å². The molecule has 0 heterocycles. The highest BCUT2D eigenvalue weighted by atomic mass is 16.4. The third-order valence-electron chi connectivity index (χ3n) is 3.35. The van der Waals surface area contributed by atoms with E-state index in [1.54, 1.807) is 6.92 Å². The summed E-state index contributed by atoms with van der Waals surface area (Å²) < 4.78 is 0. The Morgan fingerprint density at radius 3 is 2.19 bits per heavy atom. The predicted octanol–water partition coefficient (Wildman–Crippen LogP) is 1.52. The quantitative estimate of drug-likeness (QED) is 0.683. The minimum absolute atomic E-state index is 0.353. The minimum atomic E-state index is -0.808. The zero-order valence-corrected chi connectivity index (χ0v) is 10.0. The van der Waals surface area contributed by atoms with Crippen molar-refractivity contribution in [2.75, 3.05) is 6.54 Å². The molecule has 1 rings (SSSR count). The summed E-state index contributed by atoms with van der Waals surface area (Å²) in [6, 6.07) is 0. The molecule has 0 bridgehead atoms. The highest BCUT2D eigenvalue weighted by Crippen LogP contribution is 2.26. The highest BCUT2D eigenvalue weighted by Gasteiger charge is 2.37. The maximum atomic E-state index is 11.4. The van der Waals surface area contributed by atoms with Gasteiger partial charge < -0.3 is 10.2 Å². The van der Waals surface area contributed by atoms with E-state index in [1.165, 1.54) is 6.42 Å². The van der Waals surface area contributed by atoms with Crippen LogP contribution >= 0.6 is 0 Å². The van der Waals surface area contributed by atoms with Crippen molar-refractivity contribution in [1.82, 2.24) is 5.32 Å². The summed E-state index contributed by atoms with van der Waals surface area (Å²) in [6.45, 7) is 2.03. The molecule has 4 nitrogen and oxygen atoms in total. The maximum absolute atomic E-state index is 11.4. The van der Waals surface area contributed by atoms with E-state index >= 15 is 0 Å². The van der Waals surface area contributed by atoms with Crippen molar-refractivity contribution in [2.24, 2.45) is 0 Å². The van der Waals surface area contributed by atoms with Crippen molar-refractivity contribution < 1.29 is 15.0 Å². The van der Waals surface area contributed by atoms with Crippen LogP contribution in [-0.2, 0) is 4.79 Å². The Morgan fingerprint density at radius 2 is 1.75 bits per heavy atom. The van der Waals surface area contributed by atoms with Gasteiger partial charge in [-0.15, -0.1) is 0 Å². The van der Waals surface area contributed by atoms with Gasteiger partial charge in [0.15, 0.2) is 0 Å². The largest absolute Gasteiger partial charge is 0.480 e. The van der Waals surface area contributed by atoms with E-state index in [0.29, 0.717) is 19.4 Å². The lowest BCUT2D eigenvalue weighted by Crippen LogP contribution is -2.54. The molecule has 4 heteroatoms. The number of hydrogen-bond donors (Lipinski definition) is 3. The van der Waals surface area contributed by atoms with E-state index in [4.69, 9.17) is 0 Å². The molecular formula is C12H23NO3. The Hall–Kier alpha value is -0.610. The second kappa shape index (κ2) is 6.21. The van der Waals surface area contributed by atoms with E-state index in [-0.39, 0.29) is 0 Å². The molecule has 0 saturated heterocycles. The van der Waals surface area contributed by atoms with Gasteiger partial charge in [0.25, 0.3) is 0 Å². The molecule has 3 N–H and O–H groups in total. The molecule has 0 aliphatic heterocycles. The van der Waals surface area contributed by atoms with E-state index in [2.05, 4.69) is 5.32 Å². The van der Waals surface area contributed by atoms with Crippen LogP contribution in [0.1, 0.15) is 51.9 Å². The summed E-state index contributed by atoms with van der Waals surface area (Å²) in [5.74, 6) is -0.768. The summed E-state index contributed by atoms with van der Waals surface area (Å²) >= 11 is 0. The molecule has 0 aromatic carbocycles. The fourth-order valence-corrected chi connectivity index (χ4v) is 2.32. The number of aliphatic carboxylic acids is 1. The van der Waals surface area contributed by atoms with E-state index in [0.717, 1.165) is 25.7 Å². The van der Waals surface area contributed by atoms with Gasteiger partial charge in [0, 0.05) is 6.54 Å². The summed E-state index contributed by atoms with van der Waals surface area (Å²) in [7, 11) is 0. The number of carbonyl (C=O) groups is 1. The van der Waals surface area contributed by atoms with E-state index in [9.17, 15) is 15.0 Å². The normalized spacial score (nSPS) is 23.1. The Bertz CT molecular complexity index is 220. The van der Waals surface area contributed by atoms with Crippen LogP contribution in [0.2, 0.25) is 0 Å². The number of hydrogen-bond acceptors (Lipinski definition) is 3. The molecule has 1 aliphatic carbocycles. The summed E-state index contributed by atoms with van der Waals surface area (Å²) in [6.07, 6.45) is 6.22. The van der Waals surface area contributed by atoms with Crippen LogP contribution in [0.25, 0.3) is 0 Å². The first-order valence-electron chi connectivity index (χ1n) is 6.23. The average Bonchev–Trinajstić information content (AvgIpc) is 2.15. The summed E-state index contributed by atoms with van der Waals surface area (Å²) in [5, 5.41) is 21.7. The first-order chi connectivity index (χ1) is 7.57. The molecule has 94 valence electrons. The van der Waals surface area contributed by atoms with Crippen LogP contribution in [0.15, 0.2) is 0 Å². The standard InChI is InChI=1S/C12H23NO3/c1-10(14)9-13-12(11(15)16)7-5-3-2-4-6-8-12/h10,13-14H,2-9H2,1H3,(H,15,16). The third kappa shape index (κ3) is 3.76. The van der Waals surface area contributed by atoms with Crippen molar-refractivity contribution in [2.45, 2.75) is 63.5 Å². The van der Waals surface area contributed by atoms with Crippen molar-refractivity contribution in [1.29, 1.82) is 0 Å². The zero-order valence-electron chi connectivity index (χ0n) is 10.0. The first-order valence-corrected chi connectivity index (χ1v) is 6.23. The molecular weight excluding hydrogens is 206 g/mol. The SMILES string of the molecule is CC(O)CNC1(C(=O)O)CCCCCCC1. The Balaban J connectivity index is 2.63. The number of aliphatic hydroxyl groups excluding tert-OH is 1. The van der Waals surface area contributed by atoms with Crippen molar-refractivity contribution >= 4 is 5.97 Å². The van der Waals surface area contributed by atoms with Gasteiger partial charge in [0.2, 0.25) is 0 Å². The smallest absolute Gasteiger partial charge is 0.323 e. The molecule has 1 fully saturated rings. The van der Waals surface area contributed by atoms with E-state index in [1.807, 2.05) is 0 Å². The second-order valence-electron chi connectivity index (χ2n) is 4.88. The maximum Gasteiger partial charge on any atom is 0.323 e. The van der Waals surface area contributed by atoms with Crippen LogP contribution < -0.4 is 5.32 Å². The zero-order chi connectivity index (χ0) is 12.0. The van der Waals surface area contributed by atoms with Gasteiger partial charge in [0.1, 0.15) is 5.54 Å². The van der Waals surface area contributed by atoms with Gasteiger partial charge >= 0.3 is 5.97 Å². The van der Waals surface area contributed by atoms with Crippen LogP contribution in [0.3, 0.4) is 0 Å². The van der Waals surface area contributed by atoms with Gasteiger partial charge in [-0.2, -0.15) is 0 Å². The number of carboxylic acid groups (broad SMARTS) is 1. The molecule has 1 aliphatic rings. The Labute approximate surface area is 97.0 Å². The van der Waals surface area contributed by atoms with Crippen molar-refractivity contribution in [3.63, 3.8) is 0 Å². The Morgan fingerprint density at radius 1 is 1.25 bits per heavy atom. The molecule has 16 heavy (non-hydrogen) atoms. The van der Waals surface area contributed by atoms with Crippen LogP contribution in [-0.4, -0.2) is 34.4 Å². The lowest BCUT2D eigenvalue weighted by Gasteiger charge is -2.33. The fraction of sp³-hybridized carbons (Fsp3) is 0.917. The predicted molar refractivity (Wildman–Crippen MR) is 62.4 cm³/mol. The molecule has 0 aromatic rings. The molecule has 0 amide bonds. The van der Waals surface area contributed by atoms with E-state index < -0.39 is 17.6 Å². The van der Waals surface area contributed by atoms with Crippen molar-refractivity contribution in [3.05, 3.63) is 0 Å². The number of aliphatic hydroxyl groups is 1. The second-order valence-corrected chi connectivity index (χ2v) is 4.88. The van der Waals surface area contributed by atoms with Crippen molar-refractivity contribution in [3.8, 4) is 0 Å². The van der Waals surface area contributed by atoms with Gasteiger partial charge in [-0.3, -0.25) is 10.1 Å². The van der Waals surface area contributed by atoms with Gasteiger partial charge in [-0.05, 0) is 19.8 Å². The first kappa shape index (κ1) is 13.5. The molecule has 1 atom stereocenters. The summed E-state index contributed by atoms with van der Waals surface area (Å²) in [5.41, 5.74) is -0.808. The fourth-order valence-electron chi connectivity index (χ4n) is 2.32. The monoisotopic (exact) mass is 229 g/mol. The molecule has 1 saturated carbocycles. The summed E-state index contributed by atoms with van der Waals surface area (Å²) in [4.78, 5) is 11.4. The molecule has 1 unspecified atom stereocenters. The van der Waals surface area contributed by atoms with Crippen LogP contribution in [0.5, 0.6) is 0 Å². The van der Waals surface area contributed by atoms with Gasteiger partial charge in [-0.1, -0.05) is 32.1 Å². The number of rotatable bonds is 4. The lowest BCUT2D eigenvalue weighted by molar-refractivity contribution is -0.146. The Kier molecular flexibility index (Phi) is 5.22. The van der Waals surface area contributed by atoms with Gasteiger partial charge in [0.05, 0.1) is 6.10 Å². The molecule has 0 spiro atoms. The lowest BCUT2D eigenvalue weighted by atomic mass is 9.84. The third-order valence-corrected chi connectivity index (χ3v) is 3.35. The molecule has 0 radical (unpaired) electrons. The highest BCUT2D eigenvalue weighted by molar-refractivity contribution is 5.78. The number of carboxylic acids is 1. The topological polar surface area (TPSA) is 69.6 Å².